The minimum atomic E-state index is -0.961. The zero-order valence-electron chi connectivity index (χ0n) is 11.0. The fourth-order valence-electron chi connectivity index (χ4n) is 2.12. The molecule has 18 heavy (non-hydrogen) atoms. The van der Waals surface area contributed by atoms with Gasteiger partial charge in [-0.25, -0.2) is 0 Å². The van der Waals surface area contributed by atoms with E-state index in [9.17, 15) is 5.11 Å². The molecule has 3 heteroatoms. The highest BCUT2D eigenvalue weighted by atomic mass is 16.5. The molecule has 0 saturated heterocycles. The average Bonchev–Trinajstić information content (AvgIpc) is 2.35. The van der Waals surface area contributed by atoms with Crippen molar-refractivity contribution >= 4 is 10.8 Å². The van der Waals surface area contributed by atoms with Crippen molar-refractivity contribution in [3.8, 4) is 5.75 Å². The van der Waals surface area contributed by atoms with Crippen LogP contribution >= 0.6 is 0 Å². The Labute approximate surface area is 107 Å². The third kappa shape index (κ3) is 2.19. The predicted molar refractivity (Wildman–Crippen MR) is 73.7 cm³/mol. The average molecular weight is 245 g/mol. The number of methoxy groups -OCH3 is 1. The van der Waals surface area contributed by atoms with Crippen molar-refractivity contribution in [2.45, 2.75) is 25.5 Å². The summed E-state index contributed by atoms with van der Waals surface area (Å²) in [5, 5.41) is 12.1. The fourth-order valence-corrected chi connectivity index (χ4v) is 2.12. The minimum absolute atomic E-state index is 0.437. The van der Waals surface area contributed by atoms with Crippen LogP contribution in [0.15, 0.2) is 36.4 Å². The Hall–Kier alpha value is -1.58. The molecule has 0 aliphatic rings. The van der Waals surface area contributed by atoms with Gasteiger partial charge in [-0.05, 0) is 30.9 Å². The van der Waals surface area contributed by atoms with E-state index in [-0.39, 0.29) is 0 Å². The van der Waals surface area contributed by atoms with Crippen LogP contribution in [0.25, 0.3) is 10.8 Å². The monoisotopic (exact) mass is 245 g/mol. The van der Waals surface area contributed by atoms with Crippen molar-refractivity contribution in [1.29, 1.82) is 0 Å². The van der Waals surface area contributed by atoms with Crippen molar-refractivity contribution in [2.75, 3.05) is 7.11 Å². The molecule has 0 aromatic heterocycles. The van der Waals surface area contributed by atoms with Gasteiger partial charge in [-0.1, -0.05) is 30.3 Å². The van der Waals surface area contributed by atoms with Gasteiger partial charge in [-0.3, -0.25) is 0 Å². The maximum Gasteiger partial charge on any atom is 0.126 e. The molecule has 0 fully saturated rings. The van der Waals surface area contributed by atoms with Gasteiger partial charge in [-0.2, -0.15) is 0 Å². The Bertz CT molecular complexity index is 558. The lowest BCUT2D eigenvalue weighted by Gasteiger charge is -2.27. The summed E-state index contributed by atoms with van der Waals surface area (Å²) in [5.41, 5.74) is 6.11. The first-order chi connectivity index (χ1) is 8.45. The van der Waals surface area contributed by atoms with Gasteiger partial charge in [0.1, 0.15) is 5.75 Å². The quantitative estimate of drug-likeness (QED) is 0.874. The topological polar surface area (TPSA) is 55.5 Å². The van der Waals surface area contributed by atoms with E-state index in [0.717, 1.165) is 22.1 Å². The molecule has 96 valence electrons. The zero-order chi connectivity index (χ0) is 13.3. The summed E-state index contributed by atoms with van der Waals surface area (Å²) in [7, 11) is 1.65. The maximum atomic E-state index is 10.1. The van der Waals surface area contributed by atoms with E-state index in [1.807, 2.05) is 36.4 Å². The van der Waals surface area contributed by atoms with Crippen LogP contribution in [0.1, 0.15) is 25.5 Å². The van der Waals surface area contributed by atoms with Crippen LogP contribution in [-0.2, 0) is 0 Å². The Morgan fingerprint density at radius 2 is 1.72 bits per heavy atom. The maximum absolute atomic E-state index is 10.1. The summed E-state index contributed by atoms with van der Waals surface area (Å²) in [4.78, 5) is 0. The van der Waals surface area contributed by atoms with E-state index < -0.39 is 11.6 Å². The Balaban J connectivity index is 2.67. The zero-order valence-corrected chi connectivity index (χ0v) is 11.0. The molecule has 3 nitrogen and oxygen atoms in total. The first kappa shape index (κ1) is 12.9. The van der Waals surface area contributed by atoms with Gasteiger partial charge in [0.05, 0.1) is 18.8 Å². The van der Waals surface area contributed by atoms with Crippen LogP contribution in [0.3, 0.4) is 0 Å². The van der Waals surface area contributed by atoms with Gasteiger partial charge in [-0.15, -0.1) is 0 Å². The van der Waals surface area contributed by atoms with Gasteiger partial charge in [0.15, 0.2) is 0 Å². The molecule has 0 aliphatic heterocycles. The van der Waals surface area contributed by atoms with Gasteiger partial charge in [0, 0.05) is 5.39 Å². The predicted octanol–water partition coefficient (Wildman–Crippen LogP) is 2.62. The Morgan fingerprint density at radius 1 is 1.11 bits per heavy atom. The molecule has 0 amide bonds. The van der Waals surface area contributed by atoms with E-state index in [1.165, 1.54) is 0 Å². The normalized spacial score (nSPS) is 13.6. The molecule has 0 aliphatic carbocycles. The molecular formula is C15H19NO2. The molecule has 0 saturated carbocycles. The molecule has 0 unspecified atom stereocenters. The fraction of sp³-hybridized carbons (Fsp3) is 0.333. The van der Waals surface area contributed by atoms with Crippen molar-refractivity contribution in [1.82, 2.24) is 0 Å². The summed E-state index contributed by atoms with van der Waals surface area (Å²) in [5.74, 6) is 0.817. The molecule has 2 aromatic carbocycles. The number of hydrogen-bond acceptors (Lipinski definition) is 3. The van der Waals surface area contributed by atoms with Crippen LogP contribution in [0.5, 0.6) is 5.75 Å². The van der Waals surface area contributed by atoms with Crippen LogP contribution < -0.4 is 10.5 Å². The molecule has 2 aromatic rings. The highest BCUT2D eigenvalue weighted by Crippen LogP contribution is 2.34. The van der Waals surface area contributed by atoms with Crippen LogP contribution in [0.2, 0.25) is 0 Å². The number of rotatable bonds is 3. The molecule has 0 heterocycles. The lowest BCUT2D eigenvalue weighted by molar-refractivity contribution is 0.0522. The van der Waals surface area contributed by atoms with Crippen LogP contribution in [0.4, 0.5) is 0 Å². The summed E-state index contributed by atoms with van der Waals surface area (Å²) in [6, 6.07) is 11.3. The third-order valence-electron chi connectivity index (χ3n) is 3.23. The van der Waals surface area contributed by atoms with Crippen molar-refractivity contribution in [3.63, 3.8) is 0 Å². The van der Waals surface area contributed by atoms with Gasteiger partial charge in [0.25, 0.3) is 0 Å². The van der Waals surface area contributed by atoms with Crippen LogP contribution in [0, 0.1) is 0 Å². The second-order valence-corrected chi connectivity index (χ2v) is 5.03. The largest absolute Gasteiger partial charge is 0.496 e. The molecule has 2 rings (SSSR count). The number of ether oxygens (including phenoxy) is 1. The summed E-state index contributed by atoms with van der Waals surface area (Å²) in [6.07, 6.45) is 0. The molecule has 1 atom stereocenters. The minimum Gasteiger partial charge on any atom is -0.496 e. The van der Waals surface area contributed by atoms with E-state index in [4.69, 9.17) is 10.5 Å². The molecule has 0 radical (unpaired) electrons. The lowest BCUT2D eigenvalue weighted by atomic mass is 9.89. The van der Waals surface area contributed by atoms with Gasteiger partial charge in [0.2, 0.25) is 0 Å². The molecule has 0 spiro atoms. The summed E-state index contributed by atoms with van der Waals surface area (Å²) >= 11 is 0. The molecular weight excluding hydrogens is 226 g/mol. The van der Waals surface area contributed by atoms with E-state index in [0.29, 0.717) is 0 Å². The van der Waals surface area contributed by atoms with Crippen molar-refractivity contribution in [3.05, 3.63) is 42.0 Å². The Morgan fingerprint density at radius 3 is 2.28 bits per heavy atom. The smallest absolute Gasteiger partial charge is 0.126 e. The highest BCUT2D eigenvalue weighted by molar-refractivity contribution is 5.91. The number of hydrogen-bond donors (Lipinski definition) is 2. The highest BCUT2D eigenvalue weighted by Gasteiger charge is 2.26. The van der Waals surface area contributed by atoms with E-state index in [2.05, 4.69) is 0 Å². The molecule has 0 bridgehead atoms. The first-order valence-electron chi connectivity index (χ1n) is 5.98. The second kappa shape index (κ2) is 4.59. The number of aliphatic hydroxyl groups is 1. The van der Waals surface area contributed by atoms with Gasteiger partial charge >= 0.3 is 0 Å². The van der Waals surface area contributed by atoms with Crippen molar-refractivity contribution in [2.24, 2.45) is 5.73 Å². The number of benzene rings is 2. The van der Waals surface area contributed by atoms with E-state index in [1.54, 1.807) is 21.0 Å². The van der Waals surface area contributed by atoms with Gasteiger partial charge < -0.3 is 15.6 Å². The van der Waals surface area contributed by atoms with E-state index >= 15 is 0 Å². The number of nitrogens with two attached hydrogens (primary N) is 1. The lowest BCUT2D eigenvalue weighted by Crippen LogP contribution is -2.35. The summed E-state index contributed by atoms with van der Waals surface area (Å²) < 4.78 is 5.34. The SMILES string of the molecule is COc1ccc([C@@H](N)C(C)(C)O)c2ccccc12. The number of fused-ring (bicyclic) bond motifs is 1. The third-order valence-corrected chi connectivity index (χ3v) is 3.23. The molecule has 3 N–H and O–H groups in total. The summed E-state index contributed by atoms with van der Waals surface area (Å²) in [6.45, 7) is 3.44. The standard InChI is InChI=1S/C15H19NO2/c1-15(2,17)14(16)12-8-9-13(18-3)11-7-5-4-6-10(11)12/h4-9,14,17H,16H2,1-3H3/t14-/m1/s1. The first-order valence-corrected chi connectivity index (χ1v) is 5.98. The van der Waals surface area contributed by atoms with Crippen molar-refractivity contribution < 1.29 is 9.84 Å². The Kier molecular flexibility index (Phi) is 3.28. The second-order valence-electron chi connectivity index (χ2n) is 5.03. The van der Waals surface area contributed by atoms with Crippen LogP contribution in [-0.4, -0.2) is 17.8 Å².